The van der Waals surface area contributed by atoms with Crippen LogP contribution in [0, 0.1) is 5.92 Å². The smallest absolute Gasteiger partial charge is 0.308 e. The van der Waals surface area contributed by atoms with Crippen LogP contribution in [-0.2, 0) is 11.4 Å². The average Bonchev–Trinajstić information content (AvgIpc) is 2.98. The molecule has 2 heterocycles. The third-order valence-corrected chi connectivity index (χ3v) is 5.05. The Morgan fingerprint density at radius 2 is 2.13 bits per heavy atom. The lowest BCUT2D eigenvalue weighted by Crippen LogP contribution is -2.33. The monoisotopic (exact) mass is 331 g/mol. The third-order valence-electron chi connectivity index (χ3n) is 3.85. The lowest BCUT2D eigenvalue weighted by molar-refractivity contribution is -0.141. The Balaban J connectivity index is 1.85. The molecule has 5 nitrogen and oxygen atoms in total. The van der Waals surface area contributed by atoms with Gasteiger partial charge in [0.05, 0.1) is 10.8 Å². The maximum Gasteiger partial charge on any atom is 0.308 e. The number of carboxylic acid groups (broad SMARTS) is 1. The van der Waals surface area contributed by atoms with Crippen LogP contribution >= 0.6 is 11.3 Å². The van der Waals surface area contributed by atoms with Crippen molar-refractivity contribution in [3.8, 4) is 16.2 Å². The summed E-state index contributed by atoms with van der Waals surface area (Å²) in [7, 11) is 1.63. The van der Waals surface area contributed by atoms with Gasteiger partial charge in [0.2, 0.25) is 0 Å². The zero-order valence-electron chi connectivity index (χ0n) is 12.9. The number of amides is 1. The van der Waals surface area contributed by atoms with E-state index in [9.17, 15) is 9.59 Å². The predicted octanol–water partition coefficient (Wildman–Crippen LogP) is 3.10. The number of carbonyl (C=O) groups is 2. The Morgan fingerprint density at radius 3 is 2.87 bits per heavy atom. The number of benzene rings is 1. The van der Waals surface area contributed by atoms with Crippen molar-refractivity contribution in [2.24, 2.45) is 5.92 Å². The summed E-state index contributed by atoms with van der Waals surface area (Å²) in [5.41, 5.74) is 2.00. The first-order valence-electron chi connectivity index (χ1n) is 7.30. The Hall–Kier alpha value is -2.34. The van der Waals surface area contributed by atoms with Crippen molar-refractivity contribution in [3.05, 3.63) is 40.8 Å². The molecule has 2 aromatic rings. The summed E-state index contributed by atoms with van der Waals surface area (Å²) in [6.45, 7) is 2.23. The molecular weight excluding hydrogens is 314 g/mol. The molecule has 23 heavy (non-hydrogen) atoms. The summed E-state index contributed by atoms with van der Waals surface area (Å²) in [6, 6.07) is 9.61. The minimum Gasteiger partial charge on any atom is -0.488 e. The Morgan fingerprint density at radius 1 is 1.39 bits per heavy atom. The van der Waals surface area contributed by atoms with Crippen molar-refractivity contribution in [2.75, 3.05) is 13.6 Å². The molecule has 6 heteroatoms. The SMILES string of the molecule is CC(CN(C)C(=O)c1cc2c(s1)-c1ccccc1OC2)C(=O)O. The Kier molecular flexibility index (Phi) is 4.09. The molecule has 0 bridgehead atoms. The quantitative estimate of drug-likeness (QED) is 0.935. The van der Waals surface area contributed by atoms with Crippen LogP contribution in [0.3, 0.4) is 0 Å². The molecule has 120 valence electrons. The highest BCUT2D eigenvalue weighted by molar-refractivity contribution is 7.17. The molecule has 1 aliphatic heterocycles. The lowest BCUT2D eigenvalue weighted by Gasteiger charge is -2.18. The van der Waals surface area contributed by atoms with Gasteiger partial charge in [-0.1, -0.05) is 19.1 Å². The van der Waals surface area contributed by atoms with Crippen LogP contribution in [0.5, 0.6) is 5.75 Å². The largest absolute Gasteiger partial charge is 0.488 e. The Labute approximate surface area is 138 Å². The highest BCUT2D eigenvalue weighted by Crippen LogP contribution is 2.42. The van der Waals surface area contributed by atoms with Crippen molar-refractivity contribution in [3.63, 3.8) is 0 Å². The van der Waals surface area contributed by atoms with Crippen molar-refractivity contribution in [1.82, 2.24) is 4.90 Å². The van der Waals surface area contributed by atoms with Gasteiger partial charge in [-0.2, -0.15) is 0 Å². The van der Waals surface area contributed by atoms with E-state index in [0.717, 1.165) is 21.8 Å². The van der Waals surface area contributed by atoms with Gasteiger partial charge < -0.3 is 14.7 Å². The number of carboxylic acids is 1. The van der Waals surface area contributed by atoms with Crippen LogP contribution in [0.15, 0.2) is 30.3 Å². The molecule has 1 atom stereocenters. The highest BCUT2D eigenvalue weighted by Gasteiger charge is 2.25. The number of fused-ring (bicyclic) bond motifs is 3. The molecule has 0 fully saturated rings. The third kappa shape index (κ3) is 2.94. The van der Waals surface area contributed by atoms with Gasteiger partial charge in [-0.3, -0.25) is 9.59 Å². The van der Waals surface area contributed by atoms with E-state index >= 15 is 0 Å². The molecule has 1 amide bonds. The fraction of sp³-hybridized carbons (Fsp3) is 0.294. The summed E-state index contributed by atoms with van der Waals surface area (Å²) < 4.78 is 5.70. The van der Waals surface area contributed by atoms with E-state index in [1.165, 1.54) is 16.2 Å². The second-order valence-electron chi connectivity index (χ2n) is 5.67. The fourth-order valence-corrected chi connectivity index (χ4v) is 3.76. The number of hydrogen-bond acceptors (Lipinski definition) is 4. The van der Waals surface area contributed by atoms with Gasteiger partial charge in [0, 0.05) is 29.6 Å². The van der Waals surface area contributed by atoms with Crippen LogP contribution < -0.4 is 4.74 Å². The first-order valence-corrected chi connectivity index (χ1v) is 8.12. The van der Waals surface area contributed by atoms with Crippen molar-refractivity contribution < 1.29 is 19.4 Å². The van der Waals surface area contributed by atoms with Crippen LogP contribution in [0.4, 0.5) is 0 Å². The van der Waals surface area contributed by atoms with Crippen molar-refractivity contribution >= 4 is 23.2 Å². The second-order valence-corrected chi connectivity index (χ2v) is 6.73. The molecular formula is C17H17NO4S. The number of ether oxygens (including phenoxy) is 1. The standard InChI is InChI=1S/C17H17NO4S/c1-10(17(20)21)8-18(2)16(19)14-7-11-9-22-13-6-4-3-5-12(13)15(11)23-14/h3-7,10H,8-9H2,1-2H3,(H,20,21). The van der Waals surface area contributed by atoms with Gasteiger partial charge in [0.25, 0.3) is 5.91 Å². The molecule has 0 saturated heterocycles. The molecule has 0 saturated carbocycles. The minimum atomic E-state index is -0.905. The first-order chi connectivity index (χ1) is 11.0. The zero-order chi connectivity index (χ0) is 16.6. The summed E-state index contributed by atoms with van der Waals surface area (Å²) in [4.78, 5) is 26.6. The Bertz CT molecular complexity index is 768. The topological polar surface area (TPSA) is 66.8 Å². The van der Waals surface area contributed by atoms with Crippen molar-refractivity contribution in [2.45, 2.75) is 13.5 Å². The number of carbonyl (C=O) groups excluding carboxylic acids is 1. The van der Waals surface area contributed by atoms with Crippen LogP contribution in [0.2, 0.25) is 0 Å². The summed E-state index contributed by atoms with van der Waals surface area (Å²) in [6.07, 6.45) is 0. The molecule has 1 unspecified atom stereocenters. The number of thiophene rings is 1. The van der Waals surface area contributed by atoms with Gasteiger partial charge in [-0.05, 0) is 18.2 Å². The summed E-state index contributed by atoms with van der Waals surface area (Å²) >= 11 is 1.43. The molecule has 1 N–H and O–H groups in total. The molecule has 0 spiro atoms. The normalized spacial score (nSPS) is 13.5. The first kappa shape index (κ1) is 15.6. The van der Waals surface area contributed by atoms with Gasteiger partial charge in [0.1, 0.15) is 12.4 Å². The summed E-state index contributed by atoms with van der Waals surface area (Å²) in [5.74, 6) is -0.830. The number of aliphatic carboxylic acids is 1. The van der Waals surface area contributed by atoms with Crippen LogP contribution in [0.1, 0.15) is 22.2 Å². The fourth-order valence-electron chi connectivity index (χ4n) is 2.56. The average molecular weight is 331 g/mol. The molecule has 0 radical (unpaired) electrons. The van der Waals surface area contributed by atoms with Gasteiger partial charge >= 0.3 is 5.97 Å². The summed E-state index contributed by atoms with van der Waals surface area (Å²) in [5, 5.41) is 8.97. The molecule has 1 aromatic heterocycles. The lowest BCUT2D eigenvalue weighted by atomic mass is 10.1. The van der Waals surface area contributed by atoms with Gasteiger partial charge in [-0.25, -0.2) is 0 Å². The van der Waals surface area contributed by atoms with E-state index in [2.05, 4.69) is 0 Å². The maximum atomic E-state index is 12.5. The molecule has 1 aromatic carbocycles. The number of nitrogens with zero attached hydrogens (tertiary/aromatic N) is 1. The highest BCUT2D eigenvalue weighted by atomic mass is 32.1. The second kappa shape index (κ2) is 6.04. The molecule has 0 aliphatic carbocycles. The van der Waals surface area contributed by atoms with E-state index in [-0.39, 0.29) is 12.5 Å². The number of para-hydroxylation sites is 1. The van der Waals surface area contributed by atoms with E-state index in [1.54, 1.807) is 14.0 Å². The van der Waals surface area contributed by atoms with E-state index in [1.807, 2.05) is 30.3 Å². The van der Waals surface area contributed by atoms with E-state index < -0.39 is 11.9 Å². The zero-order valence-corrected chi connectivity index (χ0v) is 13.7. The molecule has 1 aliphatic rings. The van der Waals surface area contributed by atoms with E-state index in [0.29, 0.717) is 11.5 Å². The maximum absolute atomic E-state index is 12.5. The van der Waals surface area contributed by atoms with Crippen molar-refractivity contribution in [1.29, 1.82) is 0 Å². The van der Waals surface area contributed by atoms with Crippen LogP contribution in [0.25, 0.3) is 10.4 Å². The number of rotatable bonds is 4. The van der Waals surface area contributed by atoms with E-state index in [4.69, 9.17) is 9.84 Å². The van der Waals surface area contributed by atoms with Gasteiger partial charge in [-0.15, -0.1) is 11.3 Å². The molecule has 3 rings (SSSR count). The van der Waals surface area contributed by atoms with Crippen LogP contribution in [-0.4, -0.2) is 35.5 Å². The predicted molar refractivity (Wildman–Crippen MR) is 87.8 cm³/mol. The van der Waals surface area contributed by atoms with Gasteiger partial charge in [0.15, 0.2) is 0 Å². The number of hydrogen-bond donors (Lipinski definition) is 1. The minimum absolute atomic E-state index is 0.157.